The van der Waals surface area contributed by atoms with Gasteiger partial charge >= 0.3 is 0 Å². The second kappa shape index (κ2) is 11.8. The molecule has 0 bridgehead atoms. The molecule has 10 heteroatoms. The molecule has 0 aliphatic carbocycles. The van der Waals surface area contributed by atoms with Gasteiger partial charge in [-0.15, -0.1) is 11.8 Å². The first kappa shape index (κ1) is 25.4. The van der Waals surface area contributed by atoms with E-state index in [1.54, 1.807) is 42.1 Å². The van der Waals surface area contributed by atoms with Gasteiger partial charge in [0.1, 0.15) is 23.0 Å². The number of thioether (sulfide) groups is 1. The normalized spacial score (nSPS) is 16.9. The van der Waals surface area contributed by atoms with Crippen LogP contribution in [0.2, 0.25) is 0 Å². The van der Waals surface area contributed by atoms with Crippen LogP contribution < -0.4 is 10.6 Å². The molecule has 0 saturated carbocycles. The zero-order valence-electron chi connectivity index (χ0n) is 18.9. The van der Waals surface area contributed by atoms with Crippen LogP contribution in [0.1, 0.15) is 13.8 Å². The molecule has 2 heterocycles. The second-order valence-corrected chi connectivity index (χ2v) is 10.4. The molecule has 8 nitrogen and oxygen atoms in total. The maximum Gasteiger partial charge on any atom is 0.270 e. The molecular formula is C24H26N2O6S2. The molecule has 34 heavy (non-hydrogen) atoms. The van der Waals surface area contributed by atoms with Crippen LogP contribution in [0.3, 0.4) is 0 Å². The summed E-state index contributed by atoms with van der Waals surface area (Å²) < 4.78 is 34.1. The van der Waals surface area contributed by atoms with Gasteiger partial charge in [-0.2, -0.15) is 0 Å². The Morgan fingerprint density at radius 3 is 1.85 bits per heavy atom. The van der Waals surface area contributed by atoms with E-state index in [4.69, 9.17) is 9.47 Å². The number of benzene rings is 2. The van der Waals surface area contributed by atoms with E-state index in [2.05, 4.69) is 10.6 Å². The molecule has 0 radical (unpaired) electrons. The molecule has 2 aromatic carbocycles. The molecular weight excluding hydrogens is 476 g/mol. The fraction of sp³-hybridized carbons (Fsp3) is 0.250. The van der Waals surface area contributed by atoms with E-state index in [1.807, 2.05) is 37.3 Å². The third-order valence-electron chi connectivity index (χ3n) is 4.75. The highest BCUT2D eigenvalue weighted by Gasteiger charge is 2.32. The minimum atomic E-state index is -3.55. The van der Waals surface area contributed by atoms with Gasteiger partial charge in [-0.25, -0.2) is 8.42 Å². The molecule has 2 N–H and O–H groups in total. The van der Waals surface area contributed by atoms with Gasteiger partial charge in [0.2, 0.25) is 0 Å². The lowest BCUT2D eigenvalue weighted by molar-refractivity contribution is -0.113. The Kier molecular flexibility index (Phi) is 8.78. The van der Waals surface area contributed by atoms with E-state index in [1.165, 1.54) is 6.92 Å². The maximum absolute atomic E-state index is 12.0. The number of hydrogen-bond donors (Lipinski definition) is 2. The average molecular weight is 503 g/mol. The number of hydrogen-bond acceptors (Lipinski definition) is 7. The lowest BCUT2D eigenvalue weighted by Crippen LogP contribution is -2.29. The Balaban J connectivity index is 0.000000192. The number of nitrogens with one attached hydrogen (secondary N) is 2. The number of carbonyl (C=O) groups excluding carboxylic acids is 2. The van der Waals surface area contributed by atoms with Crippen molar-refractivity contribution in [1.82, 2.24) is 0 Å². The van der Waals surface area contributed by atoms with Crippen molar-refractivity contribution in [2.75, 3.05) is 35.4 Å². The smallest absolute Gasteiger partial charge is 0.270 e. The minimum Gasteiger partial charge on any atom is -0.496 e. The minimum absolute atomic E-state index is 0.0894. The fourth-order valence-corrected chi connectivity index (χ4v) is 5.29. The van der Waals surface area contributed by atoms with Crippen LogP contribution in [0.4, 0.5) is 11.4 Å². The van der Waals surface area contributed by atoms with Gasteiger partial charge in [-0.05, 0) is 38.1 Å². The molecule has 2 aliphatic heterocycles. The number of amides is 2. The summed E-state index contributed by atoms with van der Waals surface area (Å²) in [5.41, 5.74) is 1.35. The standard InChI is InChI=1S/C12H13NO4S.C12H13NO2S/c1-9-11(18(15,16)8-7-17-9)12(14)13-10-5-3-2-4-6-10;1-9-11(16-8-7-15-9)12(14)13-10-5-3-2-4-6-10/h2-6H,7-8H2,1H3,(H,13,14);2-6H,7-8H2,1H3,(H,13,14). The van der Waals surface area contributed by atoms with Crippen LogP contribution >= 0.6 is 11.8 Å². The zero-order chi connectivity index (χ0) is 24.6. The van der Waals surface area contributed by atoms with Crippen molar-refractivity contribution in [3.8, 4) is 0 Å². The first-order valence-corrected chi connectivity index (χ1v) is 13.2. The van der Waals surface area contributed by atoms with Crippen molar-refractivity contribution in [2.24, 2.45) is 0 Å². The lowest BCUT2D eigenvalue weighted by atomic mass is 10.3. The molecule has 0 atom stereocenters. The van der Waals surface area contributed by atoms with Crippen molar-refractivity contribution in [3.05, 3.63) is 82.0 Å². The number of ether oxygens (including phenoxy) is 2. The van der Waals surface area contributed by atoms with Gasteiger partial charge in [0.15, 0.2) is 14.7 Å². The number of sulfone groups is 1. The van der Waals surface area contributed by atoms with Crippen molar-refractivity contribution >= 4 is 44.8 Å². The van der Waals surface area contributed by atoms with E-state index in [9.17, 15) is 18.0 Å². The van der Waals surface area contributed by atoms with Crippen molar-refractivity contribution in [3.63, 3.8) is 0 Å². The Bertz CT molecular complexity index is 1190. The molecule has 2 aliphatic rings. The van der Waals surface area contributed by atoms with Crippen LogP contribution in [-0.4, -0.2) is 45.0 Å². The molecule has 0 unspecified atom stereocenters. The molecule has 0 aromatic heterocycles. The second-order valence-electron chi connectivity index (χ2n) is 7.28. The Labute approximate surface area is 203 Å². The molecule has 0 fully saturated rings. The summed E-state index contributed by atoms with van der Waals surface area (Å²) in [6.45, 7) is 4.08. The third kappa shape index (κ3) is 6.88. The zero-order valence-corrected chi connectivity index (χ0v) is 20.5. The summed E-state index contributed by atoms with van der Waals surface area (Å²) in [4.78, 5) is 24.3. The molecule has 0 saturated heterocycles. The largest absolute Gasteiger partial charge is 0.496 e. The van der Waals surface area contributed by atoms with Crippen LogP contribution in [0, 0.1) is 0 Å². The van der Waals surface area contributed by atoms with Gasteiger partial charge in [-0.3, -0.25) is 9.59 Å². The first-order valence-electron chi connectivity index (χ1n) is 10.5. The highest BCUT2D eigenvalue weighted by Crippen LogP contribution is 2.26. The van der Waals surface area contributed by atoms with E-state index in [0.29, 0.717) is 23.0 Å². The number of allylic oxidation sites excluding steroid dienone is 2. The topological polar surface area (TPSA) is 111 Å². The Morgan fingerprint density at radius 2 is 1.32 bits per heavy atom. The number of para-hydroxylation sites is 2. The summed E-state index contributed by atoms with van der Waals surface area (Å²) in [5.74, 6) is 0.780. The summed E-state index contributed by atoms with van der Waals surface area (Å²) in [6.07, 6.45) is 0. The quantitative estimate of drug-likeness (QED) is 0.652. The Hall–Kier alpha value is -3.24. The maximum atomic E-state index is 12.0. The van der Waals surface area contributed by atoms with E-state index >= 15 is 0 Å². The molecule has 2 aromatic rings. The van der Waals surface area contributed by atoms with Gasteiger partial charge in [0.25, 0.3) is 11.8 Å². The fourth-order valence-electron chi connectivity index (χ4n) is 3.14. The summed E-state index contributed by atoms with van der Waals surface area (Å²) >= 11 is 1.54. The van der Waals surface area contributed by atoms with Crippen molar-refractivity contribution in [2.45, 2.75) is 13.8 Å². The number of rotatable bonds is 4. The first-order chi connectivity index (χ1) is 16.3. The van der Waals surface area contributed by atoms with E-state index in [-0.39, 0.29) is 28.9 Å². The van der Waals surface area contributed by atoms with Crippen LogP contribution in [0.5, 0.6) is 0 Å². The average Bonchev–Trinajstić information content (AvgIpc) is 2.80. The van der Waals surface area contributed by atoms with Crippen LogP contribution in [-0.2, 0) is 28.9 Å². The van der Waals surface area contributed by atoms with Gasteiger partial charge in [0, 0.05) is 17.1 Å². The van der Waals surface area contributed by atoms with Gasteiger partial charge < -0.3 is 20.1 Å². The van der Waals surface area contributed by atoms with Crippen LogP contribution in [0.25, 0.3) is 0 Å². The SMILES string of the molecule is CC1=C(C(=O)Nc2ccccc2)S(=O)(=O)CCO1.CC1=C(C(=O)Nc2ccccc2)SCCO1. The highest BCUT2D eigenvalue weighted by molar-refractivity contribution is 8.04. The molecule has 4 rings (SSSR count). The van der Waals surface area contributed by atoms with Gasteiger partial charge in [-0.1, -0.05) is 36.4 Å². The van der Waals surface area contributed by atoms with Crippen molar-refractivity contribution in [1.29, 1.82) is 0 Å². The number of anilines is 2. The van der Waals surface area contributed by atoms with E-state index < -0.39 is 15.7 Å². The highest BCUT2D eigenvalue weighted by atomic mass is 32.2. The summed E-state index contributed by atoms with van der Waals surface area (Å²) in [5, 5.41) is 5.39. The molecule has 180 valence electrons. The Morgan fingerprint density at radius 1 is 0.794 bits per heavy atom. The van der Waals surface area contributed by atoms with Crippen LogP contribution in [0.15, 0.2) is 82.0 Å². The van der Waals surface area contributed by atoms with Crippen molar-refractivity contribution < 1.29 is 27.5 Å². The van der Waals surface area contributed by atoms with Gasteiger partial charge in [0.05, 0.1) is 12.4 Å². The van der Waals surface area contributed by atoms with E-state index in [0.717, 1.165) is 11.4 Å². The predicted octanol–water partition coefficient (Wildman–Crippen LogP) is 3.92. The molecule has 0 spiro atoms. The summed E-state index contributed by atoms with van der Waals surface area (Å²) in [7, 11) is -3.55. The molecule has 2 amide bonds. The summed E-state index contributed by atoms with van der Waals surface area (Å²) in [6, 6.07) is 18.1. The third-order valence-corrected chi connectivity index (χ3v) is 7.68. The monoisotopic (exact) mass is 502 g/mol. The number of carbonyl (C=O) groups is 2. The lowest BCUT2D eigenvalue weighted by Gasteiger charge is -2.18. The predicted molar refractivity (Wildman–Crippen MR) is 134 cm³/mol.